The maximum atomic E-state index is 5.99. The van der Waals surface area contributed by atoms with E-state index in [-0.39, 0.29) is 6.10 Å². The molecule has 0 saturated carbocycles. The lowest BCUT2D eigenvalue weighted by Crippen LogP contribution is -2.07. The smallest absolute Gasteiger partial charge is 0.107 e. The fourth-order valence-corrected chi connectivity index (χ4v) is 1.24. The van der Waals surface area contributed by atoms with Crippen molar-refractivity contribution in [1.82, 2.24) is 9.78 Å². The number of halogens is 1. The van der Waals surface area contributed by atoms with Gasteiger partial charge in [-0.3, -0.25) is 4.68 Å². The molecule has 1 aromatic heterocycles. The van der Waals surface area contributed by atoms with Crippen LogP contribution in [-0.2, 0) is 17.9 Å². The summed E-state index contributed by atoms with van der Waals surface area (Å²) in [5, 5.41) is 4.98. The van der Waals surface area contributed by atoms with Crippen LogP contribution in [0.1, 0.15) is 32.9 Å². The van der Waals surface area contributed by atoms with Crippen molar-refractivity contribution in [3.8, 4) is 0 Å². The van der Waals surface area contributed by atoms with Gasteiger partial charge in [0.2, 0.25) is 0 Å². The Labute approximate surface area is 90.0 Å². The lowest BCUT2D eigenvalue weighted by molar-refractivity contribution is 0.0486. The maximum Gasteiger partial charge on any atom is 0.107 e. The van der Waals surface area contributed by atoms with Gasteiger partial charge in [-0.15, -0.1) is 0 Å². The Bertz CT molecular complexity index is 286. The van der Waals surface area contributed by atoms with E-state index in [4.69, 9.17) is 16.3 Å². The van der Waals surface area contributed by atoms with E-state index in [1.807, 2.05) is 24.7 Å². The van der Waals surface area contributed by atoms with E-state index in [0.29, 0.717) is 11.6 Å². The second kappa shape index (κ2) is 5.37. The summed E-state index contributed by atoms with van der Waals surface area (Å²) in [5.74, 6) is 0. The van der Waals surface area contributed by atoms with Gasteiger partial charge in [-0.05, 0) is 20.3 Å². The molecule has 0 amide bonds. The predicted molar refractivity (Wildman–Crippen MR) is 57.5 cm³/mol. The molecule has 3 nitrogen and oxygen atoms in total. The molecule has 1 heterocycles. The van der Waals surface area contributed by atoms with Crippen molar-refractivity contribution in [3.63, 3.8) is 0 Å². The van der Waals surface area contributed by atoms with Gasteiger partial charge in [0, 0.05) is 12.7 Å². The van der Waals surface area contributed by atoms with Gasteiger partial charge in [0.1, 0.15) is 5.69 Å². The zero-order valence-corrected chi connectivity index (χ0v) is 9.71. The molecule has 0 spiro atoms. The molecule has 0 aliphatic rings. The topological polar surface area (TPSA) is 27.1 Å². The zero-order chi connectivity index (χ0) is 10.6. The third-order valence-corrected chi connectivity index (χ3v) is 2.51. The van der Waals surface area contributed by atoms with Crippen LogP contribution in [0, 0.1) is 0 Å². The van der Waals surface area contributed by atoms with Gasteiger partial charge >= 0.3 is 0 Å². The Hall–Kier alpha value is -0.540. The highest BCUT2D eigenvalue weighted by molar-refractivity contribution is 6.31. The largest absolute Gasteiger partial charge is 0.372 e. The molecular formula is C10H17ClN2O. The van der Waals surface area contributed by atoms with Gasteiger partial charge in [0.15, 0.2) is 0 Å². The summed E-state index contributed by atoms with van der Waals surface area (Å²) < 4.78 is 7.37. The minimum atomic E-state index is 0.262. The van der Waals surface area contributed by atoms with Crippen LogP contribution in [0.15, 0.2) is 6.20 Å². The Kier molecular flexibility index (Phi) is 4.42. The maximum absolute atomic E-state index is 5.99. The summed E-state index contributed by atoms with van der Waals surface area (Å²) in [6, 6.07) is 0. The number of aromatic nitrogens is 2. The van der Waals surface area contributed by atoms with Crippen molar-refractivity contribution >= 4 is 11.6 Å². The molecule has 4 heteroatoms. The van der Waals surface area contributed by atoms with Gasteiger partial charge in [0.25, 0.3) is 0 Å². The van der Waals surface area contributed by atoms with Gasteiger partial charge in [-0.25, -0.2) is 0 Å². The minimum Gasteiger partial charge on any atom is -0.372 e. The molecule has 0 N–H and O–H groups in total. The number of ether oxygens (including phenoxy) is 1. The second-order valence-electron chi connectivity index (χ2n) is 3.31. The van der Waals surface area contributed by atoms with E-state index in [1.165, 1.54) is 0 Å². The first-order valence-corrected chi connectivity index (χ1v) is 5.38. The molecule has 1 aromatic rings. The summed E-state index contributed by atoms with van der Waals surface area (Å²) in [4.78, 5) is 0. The van der Waals surface area contributed by atoms with Crippen LogP contribution < -0.4 is 0 Å². The van der Waals surface area contributed by atoms with Gasteiger partial charge in [-0.2, -0.15) is 5.10 Å². The van der Waals surface area contributed by atoms with E-state index in [9.17, 15) is 0 Å². The normalized spacial score (nSPS) is 13.1. The highest BCUT2D eigenvalue weighted by Gasteiger charge is 2.07. The van der Waals surface area contributed by atoms with Crippen molar-refractivity contribution < 1.29 is 4.74 Å². The van der Waals surface area contributed by atoms with Crippen LogP contribution in [0.25, 0.3) is 0 Å². The average Bonchev–Trinajstić information content (AvgIpc) is 2.55. The van der Waals surface area contributed by atoms with E-state index in [0.717, 1.165) is 18.7 Å². The van der Waals surface area contributed by atoms with Crippen LogP contribution in [0.3, 0.4) is 0 Å². The number of rotatable bonds is 5. The first-order valence-electron chi connectivity index (χ1n) is 5.00. The van der Waals surface area contributed by atoms with Crippen LogP contribution in [0.4, 0.5) is 0 Å². The zero-order valence-electron chi connectivity index (χ0n) is 8.96. The third kappa shape index (κ3) is 3.00. The summed E-state index contributed by atoms with van der Waals surface area (Å²) in [7, 11) is 0. The highest BCUT2D eigenvalue weighted by Crippen LogP contribution is 2.15. The first-order chi connectivity index (χ1) is 6.67. The van der Waals surface area contributed by atoms with Crippen molar-refractivity contribution in [2.45, 2.75) is 46.4 Å². The second-order valence-corrected chi connectivity index (χ2v) is 3.72. The molecule has 0 radical (unpaired) electrons. The van der Waals surface area contributed by atoms with Crippen molar-refractivity contribution in [2.24, 2.45) is 0 Å². The summed E-state index contributed by atoms with van der Waals surface area (Å²) in [6.45, 7) is 7.51. The number of hydrogen-bond acceptors (Lipinski definition) is 2. The Balaban J connectivity index is 2.53. The molecule has 1 atom stereocenters. The summed E-state index contributed by atoms with van der Waals surface area (Å²) in [6.07, 6.45) is 3.10. The Morgan fingerprint density at radius 3 is 2.79 bits per heavy atom. The van der Waals surface area contributed by atoms with E-state index in [2.05, 4.69) is 12.0 Å². The third-order valence-electron chi connectivity index (χ3n) is 2.19. The van der Waals surface area contributed by atoms with Crippen LogP contribution in [0.5, 0.6) is 0 Å². The molecular weight excluding hydrogens is 200 g/mol. The molecule has 0 bridgehead atoms. The highest BCUT2D eigenvalue weighted by atomic mass is 35.5. The van der Waals surface area contributed by atoms with Crippen LogP contribution >= 0.6 is 11.6 Å². The molecule has 80 valence electrons. The SMILES string of the molecule is CCC(C)OCc1nn(CC)cc1Cl. The molecule has 1 rings (SSSR count). The fourth-order valence-electron chi connectivity index (χ4n) is 1.04. The Morgan fingerprint density at radius 2 is 2.29 bits per heavy atom. The summed E-state index contributed by atoms with van der Waals surface area (Å²) in [5.41, 5.74) is 0.828. The van der Waals surface area contributed by atoms with E-state index < -0.39 is 0 Å². The van der Waals surface area contributed by atoms with Gasteiger partial charge in [-0.1, -0.05) is 18.5 Å². The predicted octanol–water partition coefficient (Wildman–Crippen LogP) is 2.87. The van der Waals surface area contributed by atoms with Crippen LogP contribution in [-0.4, -0.2) is 15.9 Å². The van der Waals surface area contributed by atoms with E-state index in [1.54, 1.807) is 0 Å². The van der Waals surface area contributed by atoms with E-state index >= 15 is 0 Å². The molecule has 0 aliphatic heterocycles. The number of hydrogen-bond donors (Lipinski definition) is 0. The summed E-state index contributed by atoms with van der Waals surface area (Å²) >= 11 is 5.99. The number of nitrogens with zero attached hydrogens (tertiary/aromatic N) is 2. The first kappa shape index (κ1) is 11.5. The lowest BCUT2D eigenvalue weighted by Gasteiger charge is -2.08. The molecule has 0 saturated heterocycles. The van der Waals surface area contributed by atoms with Gasteiger partial charge in [0.05, 0.1) is 17.7 Å². The Morgan fingerprint density at radius 1 is 1.57 bits per heavy atom. The fraction of sp³-hybridized carbons (Fsp3) is 0.700. The van der Waals surface area contributed by atoms with Gasteiger partial charge < -0.3 is 4.74 Å². The molecule has 0 aliphatic carbocycles. The quantitative estimate of drug-likeness (QED) is 0.757. The molecule has 14 heavy (non-hydrogen) atoms. The van der Waals surface area contributed by atoms with Crippen molar-refractivity contribution in [1.29, 1.82) is 0 Å². The molecule has 1 unspecified atom stereocenters. The van der Waals surface area contributed by atoms with Crippen molar-refractivity contribution in [2.75, 3.05) is 0 Å². The minimum absolute atomic E-state index is 0.262. The lowest BCUT2D eigenvalue weighted by atomic mass is 10.3. The molecule has 0 fully saturated rings. The monoisotopic (exact) mass is 216 g/mol. The van der Waals surface area contributed by atoms with Crippen LogP contribution in [0.2, 0.25) is 5.02 Å². The van der Waals surface area contributed by atoms with Crippen molar-refractivity contribution in [3.05, 3.63) is 16.9 Å². The standard InChI is InChI=1S/C10H17ClN2O/c1-4-8(3)14-7-10-9(11)6-13(5-2)12-10/h6,8H,4-5,7H2,1-3H3. The number of aryl methyl sites for hydroxylation is 1. The molecule has 0 aromatic carbocycles. The average molecular weight is 217 g/mol.